The first-order valence-electron chi connectivity index (χ1n) is 13.4. The van der Waals surface area contributed by atoms with Crippen LogP contribution in [0.15, 0.2) is 12.2 Å². The number of allylic oxidation sites excluding steroid dienone is 2. The molecule has 0 aliphatic heterocycles. The maximum absolute atomic E-state index is 2.63. The zero-order valence-electron chi connectivity index (χ0n) is 20.5. The summed E-state index contributed by atoms with van der Waals surface area (Å²) in [4.78, 5) is 0. The fourth-order valence-electron chi connectivity index (χ4n) is 4.38. The highest BCUT2D eigenvalue weighted by Gasteiger charge is 2.16. The predicted molar refractivity (Wildman–Crippen MR) is 135 cm³/mol. The summed E-state index contributed by atoms with van der Waals surface area (Å²) >= 11 is 0. The topological polar surface area (TPSA) is 0 Å². The van der Waals surface area contributed by atoms with Gasteiger partial charge in [0.25, 0.3) is 0 Å². The number of unbranched alkanes of at least 4 members (excludes halogenated alkanes) is 15. The van der Waals surface area contributed by atoms with Crippen LogP contribution in [0, 0.1) is 0 Å². The maximum atomic E-state index is 2.63. The van der Waals surface area contributed by atoms with Crippen molar-refractivity contribution in [1.82, 2.24) is 0 Å². The van der Waals surface area contributed by atoms with Crippen LogP contribution < -0.4 is 0 Å². The van der Waals surface area contributed by atoms with Crippen molar-refractivity contribution >= 4 is 8.80 Å². The maximum Gasteiger partial charge on any atom is 0.0437 e. The van der Waals surface area contributed by atoms with Gasteiger partial charge in [-0.25, -0.2) is 0 Å². The van der Waals surface area contributed by atoms with Gasteiger partial charge < -0.3 is 0 Å². The molecule has 0 amide bonds. The van der Waals surface area contributed by atoms with E-state index in [1.165, 1.54) is 116 Å². The normalized spacial score (nSPS) is 13.0. The monoisotopic (exact) mass is 408 g/mol. The van der Waals surface area contributed by atoms with Crippen LogP contribution >= 0.6 is 0 Å². The van der Waals surface area contributed by atoms with Crippen LogP contribution in [-0.4, -0.2) is 8.80 Å². The molecule has 0 rings (SSSR count). The molecule has 0 aliphatic rings. The van der Waals surface area contributed by atoms with Crippen molar-refractivity contribution in [2.24, 2.45) is 0 Å². The molecule has 0 bridgehead atoms. The molecule has 0 saturated carbocycles. The molecule has 0 aromatic rings. The molecular weight excluding hydrogens is 352 g/mol. The highest BCUT2D eigenvalue weighted by molar-refractivity contribution is 6.60. The second kappa shape index (κ2) is 23.2. The van der Waals surface area contributed by atoms with Crippen LogP contribution in [0.5, 0.6) is 0 Å². The van der Waals surface area contributed by atoms with E-state index in [0.29, 0.717) is 0 Å². The van der Waals surface area contributed by atoms with E-state index in [9.17, 15) is 0 Å². The van der Waals surface area contributed by atoms with E-state index in [0.717, 1.165) is 5.54 Å². The molecule has 0 aromatic heterocycles. The third kappa shape index (κ3) is 19.3. The van der Waals surface area contributed by atoms with Crippen molar-refractivity contribution in [3.63, 3.8) is 0 Å². The Morgan fingerprint density at radius 1 is 0.536 bits per heavy atom. The summed E-state index contributed by atoms with van der Waals surface area (Å²) in [6, 6.07) is 3.20. The van der Waals surface area contributed by atoms with E-state index in [4.69, 9.17) is 0 Å². The molecule has 0 N–H and O–H groups in total. The summed E-state index contributed by atoms with van der Waals surface area (Å²) in [5.41, 5.74) is 0.918. The Bertz CT molecular complexity index is 293. The molecule has 0 radical (unpaired) electrons. The average molecular weight is 409 g/mol. The Balaban J connectivity index is 4.12. The van der Waals surface area contributed by atoms with Crippen LogP contribution in [0.1, 0.15) is 143 Å². The van der Waals surface area contributed by atoms with Gasteiger partial charge in [0.05, 0.1) is 0 Å². The molecule has 0 fully saturated rings. The van der Waals surface area contributed by atoms with Crippen LogP contribution in [0.3, 0.4) is 0 Å². The third-order valence-corrected chi connectivity index (χ3v) is 10.5. The van der Waals surface area contributed by atoms with Gasteiger partial charge in [0, 0.05) is 8.80 Å². The lowest BCUT2D eigenvalue weighted by Crippen LogP contribution is -2.17. The minimum atomic E-state index is -0.602. The van der Waals surface area contributed by atoms with Crippen LogP contribution in [0.25, 0.3) is 0 Å². The van der Waals surface area contributed by atoms with Gasteiger partial charge in [0.1, 0.15) is 0 Å². The van der Waals surface area contributed by atoms with E-state index in [-0.39, 0.29) is 0 Å². The van der Waals surface area contributed by atoms with Gasteiger partial charge in [-0.2, -0.15) is 0 Å². The molecular formula is C27H56Si. The van der Waals surface area contributed by atoms with Gasteiger partial charge in [0.2, 0.25) is 0 Å². The molecule has 1 atom stereocenters. The van der Waals surface area contributed by atoms with Crippen LogP contribution in [-0.2, 0) is 0 Å². The first-order chi connectivity index (χ1) is 13.8. The molecule has 28 heavy (non-hydrogen) atoms. The first-order valence-corrected chi connectivity index (χ1v) is 15.7. The Morgan fingerprint density at radius 2 is 0.929 bits per heavy atom. The van der Waals surface area contributed by atoms with Crippen molar-refractivity contribution < 1.29 is 0 Å². The summed E-state index contributed by atoms with van der Waals surface area (Å²) in [5.74, 6) is 0. The van der Waals surface area contributed by atoms with Gasteiger partial charge in [0.15, 0.2) is 0 Å². The zero-order valence-corrected chi connectivity index (χ0v) is 21.6. The van der Waals surface area contributed by atoms with Crippen LogP contribution in [0.4, 0.5) is 0 Å². The Kier molecular flexibility index (Phi) is 23.2. The largest absolute Gasteiger partial charge is 0.0886 e. The highest BCUT2D eigenvalue weighted by Crippen LogP contribution is 2.25. The molecule has 0 heterocycles. The Hall–Kier alpha value is -0.0431. The standard InChI is InChI=1S/C27H56Si/c1-5-8-11-14-17-18-21-24-27(4)28(25-22-19-15-12-9-6-2)26-23-20-16-13-10-7-3/h21,24,27-28H,5-20,22-23,25-26H2,1-4H3. The summed E-state index contributed by atoms with van der Waals surface area (Å²) in [6.45, 7) is 9.50. The lowest BCUT2D eigenvalue weighted by Gasteiger charge is -2.20. The van der Waals surface area contributed by atoms with Gasteiger partial charge in [-0.15, -0.1) is 0 Å². The Morgan fingerprint density at radius 3 is 1.39 bits per heavy atom. The summed E-state index contributed by atoms with van der Waals surface area (Å²) in [6.07, 6.45) is 31.1. The van der Waals surface area contributed by atoms with E-state index < -0.39 is 8.80 Å². The predicted octanol–water partition coefficient (Wildman–Crippen LogP) is 10.2. The quantitative estimate of drug-likeness (QED) is 0.0949. The molecule has 0 aromatic carbocycles. The van der Waals surface area contributed by atoms with Gasteiger partial charge >= 0.3 is 0 Å². The van der Waals surface area contributed by atoms with Crippen molar-refractivity contribution in [3.8, 4) is 0 Å². The lowest BCUT2D eigenvalue weighted by molar-refractivity contribution is 0.615. The molecule has 0 saturated heterocycles. The summed E-state index contributed by atoms with van der Waals surface area (Å²) in [7, 11) is -0.602. The van der Waals surface area contributed by atoms with Crippen LogP contribution in [0.2, 0.25) is 17.6 Å². The first kappa shape index (κ1) is 28.0. The fourth-order valence-corrected chi connectivity index (χ4v) is 7.82. The van der Waals surface area contributed by atoms with Gasteiger partial charge in [-0.3, -0.25) is 0 Å². The molecule has 168 valence electrons. The minimum Gasteiger partial charge on any atom is -0.0886 e. The van der Waals surface area contributed by atoms with E-state index in [1.807, 2.05) is 0 Å². The number of hydrogen-bond donors (Lipinski definition) is 0. The molecule has 0 nitrogen and oxygen atoms in total. The van der Waals surface area contributed by atoms with Gasteiger partial charge in [-0.05, 0) is 18.4 Å². The Labute approximate surface area is 182 Å². The smallest absolute Gasteiger partial charge is 0.0437 e. The number of rotatable bonds is 22. The second-order valence-corrected chi connectivity index (χ2v) is 13.1. The SMILES string of the molecule is CCCCCCCC=CC(C)[SiH](CCCCCCCC)CCCCCCCC. The van der Waals surface area contributed by atoms with Gasteiger partial charge in [-0.1, -0.05) is 155 Å². The second-order valence-electron chi connectivity index (χ2n) is 9.36. The van der Waals surface area contributed by atoms with Crippen molar-refractivity contribution in [3.05, 3.63) is 12.2 Å². The fraction of sp³-hybridized carbons (Fsp3) is 0.926. The molecule has 1 heteroatoms. The zero-order chi connectivity index (χ0) is 20.7. The highest BCUT2D eigenvalue weighted by atomic mass is 28.3. The van der Waals surface area contributed by atoms with E-state index in [1.54, 1.807) is 12.1 Å². The molecule has 1 unspecified atom stereocenters. The summed E-state index contributed by atoms with van der Waals surface area (Å²) in [5, 5.41) is 0. The molecule has 0 aliphatic carbocycles. The summed E-state index contributed by atoms with van der Waals surface area (Å²) < 4.78 is 0. The lowest BCUT2D eigenvalue weighted by atomic mass is 10.1. The van der Waals surface area contributed by atoms with Crippen molar-refractivity contribution in [2.45, 2.75) is 161 Å². The molecule has 0 spiro atoms. The number of hydrogen-bond acceptors (Lipinski definition) is 0. The average Bonchev–Trinajstić information content (AvgIpc) is 2.70. The van der Waals surface area contributed by atoms with Crippen molar-refractivity contribution in [1.29, 1.82) is 0 Å². The third-order valence-electron chi connectivity index (χ3n) is 6.51. The minimum absolute atomic E-state index is 0.602. The van der Waals surface area contributed by atoms with E-state index >= 15 is 0 Å². The van der Waals surface area contributed by atoms with E-state index in [2.05, 4.69) is 39.8 Å². The van der Waals surface area contributed by atoms with Crippen molar-refractivity contribution in [2.75, 3.05) is 0 Å².